The molecule has 0 unspecified atom stereocenters. The lowest BCUT2D eigenvalue weighted by Gasteiger charge is -2.06. The molecule has 0 aliphatic rings. The van der Waals surface area contributed by atoms with Crippen LogP contribution in [-0.4, -0.2) is 45.6 Å². The first kappa shape index (κ1) is 15.0. The Morgan fingerprint density at radius 3 is 2.56 bits per heavy atom. The van der Waals surface area contributed by atoms with Gasteiger partial charge in [0.05, 0.1) is 38.7 Å². The predicted molar refractivity (Wildman–Crippen MR) is 69.4 cm³/mol. The van der Waals surface area contributed by atoms with Crippen molar-refractivity contribution in [3.8, 4) is 0 Å². The molecule has 1 N–H and O–H groups in total. The van der Waals surface area contributed by atoms with Gasteiger partial charge < -0.3 is 19.5 Å². The van der Waals surface area contributed by atoms with Gasteiger partial charge in [0.2, 0.25) is 0 Å². The quantitative estimate of drug-likeness (QED) is 0.631. The number of rotatable bonds is 10. The molecule has 0 aliphatic heterocycles. The molecule has 0 fully saturated rings. The highest BCUT2D eigenvalue weighted by molar-refractivity contribution is 5.13. The molecule has 0 radical (unpaired) electrons. The fraction of sp³-hybridized carbons (Fsp3) is 0.615. The lowest BCUT2D eigenvalue weighted by atomic mass is 10.2. The molecule has 0 saturated heterocycles. The summed E-state index contributed by atoms with van der Waals surface area (Å²) in [5.41, 5.74) is 2.11. The second-order valence-electron chi connectivity index (χ2n) is 3.85. The summed E-state index contributed by atoms with van der Waals surface area (Å²) >= 11 is 0. The van der Waals surface area contributed by atoms with Crippen LogP contribution in [0.1, 0.15) is 11.3 Å². The smallest absolute Gasteiger partial charge is 0.0889 e. The highest BCUT2D eigenvalue weighted by Gasteiger charge is 1.96. The van der Waals surface area contributed by atoms with Crippen LogP contribution in [0.4, 0.5) is 0 Å². The SMILES string of the molecule is CNCc1ccc(COCCOCCOC)nc1. The summed E-state index contributed by atoms with van der Waals surface area (Å²) in [5.74, 6) is 0. The fourth-order valence-corrected chi connectivity index (χ4v) is 1.39. The third-order valence-electron chi connectivity index (χ3n) is 2.32. The molecule has 0 aliphatic carbocycles. The van der Waals surface area contributed by atoms with Gasteiger partial charge in [-0.2, -0.15) is 0 Å². The summed E-state index contributed by atoms with van der Waals surface area (Å²) in [5, 5.41) is 3.08. The Balaban J connectivity index is 2.08. The third kappa shape index (κ3) is 6.66. The largest absolute Gasteiger partial charge is 0.382 e. The number of hydrogen-bond donors (Lipinski definition) is 1. The Morgan fingerprint density at radius 1 is 1.11 bits per heavy atom. The maximum absolute atomic E-state index is 5.46. The average molecular weight is 254 g/mol. The number of methoxy groups -OCH3 is 1. The molecule has 0 amide bonds. The van der Waals surface area contributed by atoms with Crippen molar-refractivity contribution in [1.29, 1.82) is 0 Å². The first-order valence-corrected chi connectivity index (χ1v) is 6.09. The van der Waals surface area contributed by atoms with Crippen LogP contribution >= 0.6 is 0 Å². The van der Waals surface area contributed by atoms with Gasteiger partial charge in [0.15, 0.2) is 0 Å². The summed E-state index contributed by atoms with van der Waals surface area (Å²) in [6.45, 7) is 3.74. The molecule has 1 aromatic heterocycles. The molecule has 102 valence electrons. The summed E-state index contributed by atoms with van der Waals surface area (Å²) < 4.78 is 15.6. The first-order chi connectivity index (χ1) is 8.86. The van der Waals surface area contributed by atoms with Crippen LogP contribution in [0.5, 0.6) is 0 Å². The van der Waals surface area contributed by atoms with E-state index in [0.717, 1.165) is 12.2 Å². The van der Waals surface area contributed by atoms with Gasteiger partial charge in [-0.15, -0.1) is 0 Å². The Kier molecular flexibility index (Phi) is 8.33. The zero-order chi connectivity index (χ0) is 13.1. The van der Waals surface area contributed by atoms with E-state index >= 15 is 0 Å². The number of nitrogens with one attached hydrogen (secondary N) is 1. The van der Waals surface area contributed by atoms with Crippen molar-refractivity contribution in [2.24, 2.45) is 0 Å². The van der Waals surface area contributed by atoms with Gasteiger partial charge in [-0.05, 0) is 18.7 Å². The van der Waals surface area contributed by atoms with E-state index in [1.54, 1.807) is 7.11 Å². The monoisotopic (exact) mass is 254 g/mol. The Bertz CT molecular complexity index is 304. The van der Waals surface area contributed by atoms with Gasteiger partial charge in [-0.1, -0.05) is 6.07 Å². The topological polar surface area (TPSA) is 52.6 Å². The van der Waals surface area contributed by atoms with Crippen molar-refractivity contribution in [2.45, 2.75) is 13.2 Å². The van der Waals surface area contributed by atoms with Gasteiger partial charge in [-0.3, -0.25) is 4.98 Å². The van der Waals surface area contributed by atoms with E-state index in [2.05, 4.69) is 16.4 Å². The minimum absolute atomic E-state index is 0.521. The summed E-state index contributed by atoms with van der Waals surface area (Å²) in [4.78, 5) is 4.32. The average Bonchev–Trinajstić information content (AvgIpc) is 2.40. The van der Waals surface area contributed by atoms with E-state index in [9.17, 15) is 0 Å². The molecular formula is C13H22N2O3. The predicted octanol–water partition coefficient (Wildman–Crippen LogP) is 0.981. The number of pyridine rings is 1. The van der Waals surface area contributed by atoms with Crippen molar-refractivity contribution < 1.29 is 14.2 Å². The van der Waals surface area contributed by atoms with Gasteiger partial charge in [0.25, 0.3) is 0 Å². The van der Waals surface area contributed by atoms with Crippen molar-refractivity contribution in [3.05, 3.63) is 29.6 Å². The Hall–Kier alpha value is -1.01. The highest BCUT2D eigenvalue weighted by Crippen LogP contribution is 2.01. The normalized spacial score (nSPS) is 10.8. The molecule has 0 bridgehead atoms. The molecule has 1 aromatic rings. The van der Waals surface area contributed by atoms with Crippen LogP contribution in [0.25, 0.3) is 0 Å². The van der Waals surface area contributed by atoms with E-state index < -0.39 is 0 Å². The second kappa shape index (κ2) is 9.96. The molecule has 0 spiro atoms. The van der Waals surface area contributed by atoms with Gasteiger partial charge in [0, 0.05) is 19.9 Å². The van der Waals surface area contributed by atoms with Gasteiger partial charge in [-0.25, -0.2) is 0 Å². The number of nitrogens with zero attached hydrogens (tertiary/aromatic N) is 1. The van der Waals surface area contributed by atoms with E-state index in [-0.39, 0.29) is 0 Å². The molecule has 0 saturated carbocycles. The van der Waals surface area contributed by atoms with Crippen LogP contribution in [-0.2, 0) is 27.4 Å². The molecule has 0 atom stereocenters. The standard InChI is InChI=1S/C13H22N2O3/c1-14-9-12-3-4-13(15-10-12)11-18-8-7-17-6-5-16-2/h3-4,10,14H,5-9,11H2,1-2H3. The van der Waals surface area contributed by atoms with Crippen LogP contribution in [0.3, 0.4) is 0 Å². The summed E-state index contributed by atoms with van der Waals surface area (Å²) in [6, 6.07) is 4.04. The second-order valence-corrected chi connectivity index (χ2v) is 3.85. The van der Waals surface area contributed by atoms with Crippen molar-refractivity contribution in [3.63, 3.8) is 0 Å². The van der Waals surface area contributed by atoms with Crippen molar-refractivity contribution in [2.75, 3.05) is 40.6 Å². The maximum atomic E-state index is 5.46. The molecule has 18 heavy (non-hydrogen) atoms. The fourth-order valence-electron chi connectivity index (χ4n) is 1.39. The van der Waals surface area contributed by atoms with E-state index in [4.69, 9.17) is 14.2 Å². The van der Waals surface area contributed by atoms with Gasteiger partial charge in [0.1, 0.15) is 0 Å². The molecule has 1 heterocycles. The number of ether oxygens (including phenoxy) is 3. The van der Waals surface area contributed by atoms with Crippen molar-refractivity contribution in [1.82, 2.24) is 10.3 Å². The molecular weight excluding hydrogens is 232 g/mol. The third-order valence-corrected chi connectivity index (χ3v) is 2.32. The first-order valence-electron chi connectivity index (χ1n) is 6.09. The Labute approximate surface area is 108 Å². The Morgan fingerprint density at radius 2 is 1.89 bits per heavy atom. The molecule has 1 rings (SSSR count). The van der Waals surface area contributed by atoms with Crippen LogP contribution in [0.15, 0.2) is 18.3 Å². The highest BCUT2D eigenvalue weighted by atomic mass is 16.5. The summed E-state index contributed by atoms with van der Waals surface area (Å²) in [6.07, 6.45) is 1.87. The lowest BCUT2D eigenvalue weighted by Crippen LogP contribution is -2.09. The van der Waals surface area contributed by atoms with Crippen LogP contribution in [0.2, 0.25) is 0 Å². The van der Waals surface area contributed by atoms with Crippen LogP contribution < -0.4 is 5.32 Å². The number of aromatic nitrogens is 1. The van der Waals surface area contributed by atoms with Crippen LogP contribution in [0, 0.1) is 0 Å². The van der Waals surface area contributed by atoms with Crippen molar-refractivity contribution >= 4 is 0 Å². The van der Waals surface area contributed by atoms with Gasteiger partial charge >= 0.3 is 0 Å². The maximum Gasteiger partial charge on any atom is 0.0889 e. The van der Waals surface area contributed by atoms with E-state index in [0.29, 0.717) is 33.0 Å². The molecule has 0 aromatic carbocycles. The molecule has 5 heteroatoms. The minimum atomic E-state index is 0.521. The van der Waals surface area contributed by atoms with E-state index in [1.807, 2.05) is 19.3 Å². The zero-order valence-corrected chi connectivity index (χ0v) is 11.1. The minimum Gasteiger partial charge on any atom is -0.382 e. The lowest BCUT2D eigenvalue weighted by molar-refractivity contribution is 0.0192. The van der Waals surface area contributed by atoms with E-state index in [1.165, 1.54) is 5.56 Å². The summed E-state index contributed by atoms with van der Waals surface area (Å²) in [7, 11) is 3.57. The number of hydrogen-bond acceptors (Lipinski definition) is 5. The zero-order valence-electron chi connectivity index (χ0n) is 11.1. The molecule has 5 nitrogen and oxygen atoms in total.